The molecular weight excluding hydrogens is 362 g/mol. The predicted octanol–water partition coefficient (Wildman–Crippen LogP) is 2.88. The predicted molar refractivity (Wildman–Crippen MR) is 106 cm³/mol. The number of thiazole rings is 1. The first-order valence-corrected chi connectivity index (χ1v) is 10.3. The Hall–Kier alpha value is -2.41. The Bertz CT molecular complexity index is 790. The molecule has 2 amide bonds. The lowest BCUT2D eigenvalue weighted by Crippen LogP contribution is -2.31. The largest absolute Gasteiger partial charge is 0.493 e. The van der Waals surface area contributed by atoms with Gasteiger partial charge in [0.15, 0.2) is 0 Å². The van der Waals surface area contributed by atoms with Gasteiger partial charge in [-0.15, -0.1) is 11.3 Å². The molecule has 6 nitrogen and oxygen atoms in total. The van der Waals surface area contributed by atoms with Gasteiger partial charge in [0.25, 0.3) is 0 Å². The van der Waals surface area contributed by atoms with Gasteiger partial charge in [-0.05, 0) is 31.9 Å². The number of benzene rings is 1. The molecule has 2 aromatic rings. The van der Waals surface area contributed by atoms with Gasteiger partial charge in [-0.2, -0.15) is 0 Å². The van der Waals surface area contributed by atoms with Crippen LogP contribution in [-0.4, -0.2) is 47.9 Å². The van der Waals surface area contributed by atoms with Crippen LogP contribution in [0.2, 0.25) is 0 Å². The molecule has 1 N–H and O–H groups in total. The van der Waals surface area contributed by atoms with Crippen molar-refractivity contribution in [1.82, 2.24) is 15.2 Å². The molecule has 0 bridgehead atoms. The molecule has 0 spiro atoms. The summed E-state index contributed by atoms with van der Waals surface area (Å²) in [6.07, 6.45) is 2.65. The van der Waals surface area contributed by atoms with Crippen molar-refractivity contribution in [2.24, 2.45) is 0 Å². The van der Waals surface area contributed by atoms with Crippen molar-refractivity contribution >= 4 is 23.2 Å². The van der Waals surface area contributed by atoms with E-state index in [0.29, 0.717) is 26.1 Å². The molecule has 1 aromatic heterocycles. The van der Waals surface area contributed by atoms with Crippen LogP contribution >= 0.6 is 11.3 Å². The molecule has 1 aromatic carbocycles. The van der Waals surface area contributed by atoms with Crippen molar-refractivity contribution in [2.45, 2.75) is 32.6 Å². The summed E-state index contributed by atoms with van der Waals surface area (Å²) in [6.45, 7) is 4.69. The zero-order chi connectivity index (χ0) is 19.1. The number of para-hydroxylation sites is 1. The number of carbonyl (C=O) groups is 2. The Balaban J connectivity index is 1.47. The van der Waals surface area contributed by atoms with Crippen molar-refractivity contribution in [1.29, 1.82) is 0 Å². The summed E-state index contributed by atoms with van der Waals surface area (Å²) in [7, 11) is 0. The maximum atomic E-state index is 12.1. The fraction of sp³-hybridized carbons (Fsp3) is 0.450. The topological polar surface area (TPSA) is 71.5 Å². The highest BCUT2D eigenvalue weighted by atomic mass is 32.1. The summed E-state index contributed by atoms with van der Waals surface area (Å²) in [5.74, 6) is 0.989. The average Bonchev–Trinajstić information content (AvgIpc) is 3.29. The highest BCUT2D eigenvalue weighted by Crippen LogP contribution is 2.32. The highest BCUT2D eigenvalue weighted by Gasteiger charge is 2.19. The van der Waals surface area contributed by atoms with E-state index in [0.717, 1.165) is 41.4 Å². The number of likely N-dealkylation sites (tertiary alicyclic amines) is 1. The molecule has 0 unspecified atom stereocenters. The molecule has 1 saturated heterocycles. The fourth-order valence-corrected chi connectivity index (χ4v) is 3.95. The van der Waals surface area contributed by atoms with Gasteiger partial charge in [-0.25, -0.2) is 4.98 Å². The molecule has 0 saturated carbocycles. The van der Waals surface area contributed by atoms with Crippen LogP contribution in [0.15, 0.2) is 29.6 Å². The van der Waals surface area contributed by atoms with Crippen molar-refractivity contribution in [2.75, 3.05) is 26.2 Å². The Labute approximate surface area is 163 Å². The Kier molecular flexibility index (Phi) is 6.81. The van der Waals surface area contributed by atoms with Crippen molar-refractivity contribution in [3.8, 4) is 16.3 Å². The van der Waals surface area contributed by atoms with Crippen molar-refractivity contribution < 1.29 is 14.3 Å². The number of nitrogens with zero attached hydrogens (tertiary/aromatic N) is 2. The van der Waals surface area contributed by atoms with E-state index in [1.54, 1.807) is 0 Å². The average molecular weight is 388 g/mol. The van der Waals surface area contributed by atoms with Crippen LogP contribution in [0.3, 0.4) is 0 Å². The third kappa shape index (κ3) is 5.29. The second-order valence-corrected chi connectivity index (χ2v) is 7.30. The Morgan fingerprint density at radius 2 is 2.22 bits per heavy atom. The third-order valence-electron chi connectivity index (χ3n) is 4.41. The number of nitrogens with one attached hydrogen (secondary N) is 1. The normalized spacial score (nSPS) is 13.8. The van der Waals surface area contributed by atoms with E-state index in [4.69, 9.17) is 4.74 Å². The van der Waals surface area contributed by atoms with Gasteiger partial charge in [-0.1, -0.05) is 12.1 Å². The lowest BCUT2D eigenvalue weighted by molar-refractivity contribution is -0.127. The van der Waals surface area contributed by atoms with E-state index >= 15 is 0 Å². The smallest absolute Gasteiger partial charge is 0.226 e. The fourth-order valence-electron chi connectivity index (χ4n) is 3.10. The monoisotopic (exact) mass is 387 g/mol. The first kappa shape index (κ1) is 19.4. The first-order chi connectivity index (χ1) is 13.2. The molecule has 7 heteroatoms. The number of amides is 2. The minimum absolute atomic E-state index is 0.0438. The molecule has 1 aliphatic rings. The molecule has 1 aliphatic heterocycles. The maximum absolute atomic E-state index is 12.1. The van der Waals surface area contributed by atoms with Gasteiger partial charge in [-0.3, -0.25) is 9.59 Å². The number of hydrogen-bond donors (Lipinski definition) is 1. The number of ether oxygens (including phenoxy) is 1. The maximum Gasteiger partial charge on any atom is 0.226 e. The molecule has 3 rings (SSSR count). The summed E-state index contributed by atoms with van der Waals surface area (Å²) in [4.78, 5) is 30.1. The number of carbonyl (C=O) groups excluding carboxylic acids is 2. The number of hydrogen-bond acceptors (Lipinski definition) is 5. The second-order valence-electron chi connectivity index (χ2n) is 6.44. The molecule has 1 fully saturated rings. The molecule has 0 aliphatic carbocycles. The van der Waals surface area contributed by atoms with E-state index in [2.05, 4.69) is 10.3 Å². The van der Waals surface area contributed by atoms with Crippen LogP contribution in [0.25, 0.3) is 10.6 Å². The third-order valence-corrected chi connectivity index (χ3v) is 5.33. The lowest BCUT2D eigenvalue weighted by atomic mass is 10.2. The highest BCUT2D eigenvalue weighted by molar-refractivity contribution is 7.13. The minimum Gasteiger partial charge on any atom is -0.493 e. The standard InChI is InChI=1S/C20H25N3O3S/c1-2-26-17-8-4-3-7-16(17)20-22-15(14-27-20)13-18(24)21-10-6-12-23-11-5-9-19(23)25/h3-4,7-8,14H,2,5-6,9-13H2,1H3,(H,21,24). The lowest BCUT2D eigenvalue weighted by Gasteiger charge is -2.15. The van der Waals surface area contributed by atoms with Crippen molar-refractivity contribution in [3.63, 3.8) is 0 Å². The van der Waals surface area contributed by atoms with E-state index in [1.165, 1.54) is 11.3 Å². The number of aromatic nitrogens is 1. The van der Waals surface area contributed by atoms with Gasteiger partial charge in [0.2, 0.25) is 11.8 Å². The minimum atomic E-state index is -0.0438. The van der Waals surface area contributed by atoms with Crippen LogP contribution in [0, 0.1) is 0 Å². The molecule has 27 heavy (non-hydrogen) atoms. The SMILES string of the molecule is CCOc1ccccc1-c1nc(CC(=O)NCCCN2CCCC2=O)cs1. The number of rotatable bonds is 9. The van der Waals surface area contributed by atoms with E-state index in [-0.39, 0.29) is 18.2 Å². The van der Waals surface area contributed by atoms with Gasteiger partial charge in [0, 0.05) is 31.4 Å². The zero-order valence-corrected chi connectivity index (χ0v) is 16.4. The summed E-state index contributed by atoms with van der Waals surface area (Å²) >= 11 is 1.51. The molecular formula is C20H25N3O3S. The van der Waals surface area contributed by atoms with Crippen LogP contribution < -0.4 is 10.1 Å². The van der Waals surface area contributed by atoms with Crippen LogP contribution in [0.5, 0.6) is 5.75 Å². The van der Waals surface area contributed by atoms with E-state index in [9.17, 15) is 9.59 Å². The van der Waals surface area contributed by atoms with E-state index in [1.807, 2.05) is 41.5 Å². The first-order valence-electron chi connectivity index (χ1n) is 9.38. The van der Waals surface area contributed by atoms with E-state index < -0.39 is 0 Å². The van der Waals surface area contributed by atoms with Crippen LogP contribution in [-0.2, 0) is 16.0 Å². The Morgan fingerprint density at radius 1 is 1.37 bits per heavy atom. The molecule has 0 radical (unpaired) electrons. The van der Waals surface area contributed by atoms with Crippen LogP contribution in [0.4, 0.5) is 0 Å². The Morgan fingerprint density at radius 3 is 3.00 bits per heavy atom. The van der Waals surface area contributed by atoms with Crippen LogP contribution in [0.1, 0.15) is 31.9 Å². The summed E-state index contributed by atoms with van der Waals surface area (Å²) in [5.41, 5.74) is 1.71. The van der Waals surface area contributed by atoms with Gasteiger partial charge >= 0.3 is 0 Å². The van der Waals surface area contributed by atoms with Gasteiger partial charge in [0.1, 0.15) is 10.8 Å². The van der Waals surface area contributed by atoms with Crippen molar-refractivity contribution in [3.05, 3.63) is 35.3 Å². The quantitative estimate of drug-likeness (QED) is 0.672. The summed E-state index contributed by atoms with van der Waals surface area (Å²) in [6, 6.07) is 7.80. The van der Waals surface area contributed by atoms with Gasteiger partial charge < -0.3 is 15.0 Å². The summed E-state index contributed by atoms with van der Waals surface area (Å²) < 4.78 is 5.66. The molecule has 144 valence electrons. The molecule has 2 heterocycles. The summed E-state index contributed by atoms with van der Waals surface area (Å²) in [5, 5.41) is 5.69. The zero-order valence-electron chi connectivity index (χ0n) is 15.6. The van der Waals surface area contributed by atoms with Gasteiger partial charge in [0.05, 0.1) is 24.3 Å². The second kappa shape index (κ2) is 9.50. The molecule has 0 atom stereocenters.